The van der Waals surface area contributed by atoms with Crippen LogP contribution < -0.4 is 5.32 Å². The Balaban J connectivity index is 0.000000591. The molecular formula is C29H31F4N7O4S. The topological polar surface area (TPSA) is 144 Å². The number of hydrogen-bond acceptors (Lipinski definition) is 8. The zero-order valence-electron chi connectivity index (χ0n) is 24.3. The molecule has 1 aliphatic rings. The molecule has 0 saturated carbocycles. The van der Waals surface area contributed by atoms with Gasteiger partial charge in [0.05, 0.1) is 22.6 Å². The van der Waals surface area contributed by atoms with E-state index in [1.807, 2.05) is 6.92 Å². The van der Waals surface area contributed by atoms with E-state index in [0.717, 1.165) is 36.3 Å². The molecule has 5 rings (SSSR count). The second-order valence-corrected chi connectivity index (χ2v) is 12.2. The van der Waals surface area contributed by atoms with E-state index in [0.29, 0.717) is 36.5 Å². The second-order valence-electron chi connectivity index (χ2n) is 10.2. The van der Waals surface area contributed by atoms with Crippen LogP contribution in [0, 0.1) is 12.7 Å². The molecule has 4 aromatic rings. The van der Waals surface area contributed by atoms with E-state index < -0.39 is 22.2 Å². The van der Waals surface area contributed by atoms with Crippen LogP contribution in [0.25, 0.3) is 11.3 Å². The van der Waals surface area contributed by atoms with Crippen molar-refractivity contribution in [3.05, 3.63) is 84.3 Å². The number of anilines is 2. The lowest BCUT2D eigenvalue weighted by Gasteiger charge is -2.36. The van der Waals surface area contributed by atoms with Crippen LogP contribution in [0.1, 0.15) is 24.2 Å². The Morgan fingerprint density at radius 3 is 2.24 bits per heavy atom. The molecule has 240 valence electrons. The Morgan fingerprint density at radius 2 is 1.69 bits per heavy atom. The lowest BCUT2D eigenvalue weighted by atomic mass is 10.1. The molecule has 16 heteroatoms. The third-order valence-electron chi connectivity index (χ3n) is 7.17. The number of halogens is 4. The van der Waals surface area contributed by atoms with Crippen molar-refractivity contribution in [2.24, 2.45) is 0 Å². The van der Waals surface area contributed by atoms with Gasteiger partial charge >= 0.3 is 12.1 Å². The summed E-state index contributed by atoms with van der Waals surface area (Å²) in [6, 6.07) is 14.7. The number of sulfonamides is 1. The number of nitrogens with zero attached hydrogens (tertiary/aromatic N) is 5. The number of carbonyl (C=O) groups is 1. The Hall–Kier alpha value is -4.41. The van der Waals surface area contributed by atoms with Crippen molar-refractivity contribution in [1.29, 1.82) is 0 Å². The molecule has 0 amide bonds. The van der Waals surface area contributed by atoms with Gasteiger partial charge < -0.3 is 15.4 Å². The van der Waals surface area contributed by atoms with E-state index in [2.05, 4.69) is 37.2 Å². The highest BCUT2D eigenvalue weighted by Crippen LogP contribution is 2.26. The van der Waals surface area contributed by atoms with Gasteiger partial charge in [0.1, 0.15) is 5.82 Å². The molecule has 0 bridgehead atoms. The summed E-state index contributed by atoms with van der Waals surface area (Å²) in [4.78, 5) is 27.6. The van der Waals surface area contributed by atoms with Gasteiger partial charge in [-0.05, 0) is 81.4 Å². The zero-order valence-corrected chi connectivity index (χ0v) is 25.1. The molecule has 0 aliphatic carbocycles. The summed E-state index contributed by atoms with van der Waals surface area (Å²) in [5.41, 5.74) is 4.15. The molecule has 11 nitrogen and oxygen atoms in total. The number of carboxylic acid groups (broad SMARTS) is 1. The van der Waals surface area contributed by atoms with Gasteiger partial charge in [0.15, 0.2) is 0 Å². The maximum atomic E-state index is 13.3. The number of rotatable bonds is 8. The van der Waals surface area contributed by atoms with Gasteiger partial charge in [-0.1, -0.05) is 0 Å². The Bertz CT molecular complexity index is 1690. The maximum Gasteiger partial charge on any atom is 0.490 e. The number of piperidine rings is 1. The smallest absolute Gasteiger partial charge is 0.475 e. The first-order chi connectivity index (χ1) is 21.2. The SMILES string of the molecule is Cc1[nH]cnc1CN(C)C1CCN(S(=O)(=O)c2ccc(Nc3nccc(-c4ccc(F)cc4)n3)cc2)CC1.O=C(O)C(F)(F)F. The van der Waals surface area contributed by atoms with E-state index >= 15 is 0 Å². The van der Waals surface area contributed by atoms with E-state index in [1.54, 1.807) is 59.3 Å². The predicted molar refractivity (Wildman–Crippen MR) is 157 cm³/mol. The van der Waals surface area contributed by atoms with Crippen molar-refractivity contribution >= 4 is 27.6 Å². The minimum Gasteiger partial charge on any atom is -0.475 e. The van der Waals surface area contributed by atoms with Crippen molar-refractivity contribution in [3.63, 3.8) is 0 Å². The first kappa shape index (κ1) is 33.5. The van der Waals surface area contributed by atoms with Crippen LogP contribution in [-0.2, 0) is 21.4 Å². The van der Waals surface area contributed by atoms with E-state index in [-0.39, 0.29) is 10.7 Å². The zero-order chi connectivity index (χ0) is 32.8. The molecule has 2 aromatic heterocycles. The number of imidazole rings is 1. The first-order valence-electron chi connectivity index (χ1n) is 13.7. The van der Waals surface area contributed by atoms with Gasteiger partial charge in [-0.15, -0.1) is 0 Å². The summed E-state index contributed by atoms with van der Waals surface area (Å²) in [6.07, 6.45) is -0.238. The molecule has 0 atom stereocenters. The average molecular weight is 650 g/mol. The molecule has 2 aromatic carbocycles. The number of benzene rings is 2. The minimum absolute atomic E-state index is 0.253. The Morgan fingerprint density at radius 1 is 1.07 bits per heavy atom. The third kappa shape index (κ3) is 8.83. The molecule has 3 heterocycles. The molecule has 1 aliphatic heterocycles. The molecule has 0 unspecified atom stereocenters. The third-order valence-corrected chi connectivity index (χ3v) is 9.08. The summed E-state index contributed by atoms with van der Waals surface area (Å²) >= 11 is 0. The molecule has 1 saturated heterocycles. The fourth-order valence-electron chi connectivity index (χ4n) is 4.62. The fourth-order valence-corrected chi connectivity index (χ4v) is 6.09. The van der Waals surface area contributed by atoms with Crippen LogP contribution >= 0.6 is 0 Å². The number of H-pyrrole nitrogens is 1. The number of aryl methyl sites for hydroxylation is 1. The summed E-state index contributed by atoms with van der Waals surface area (Å²) < 4.78 is 73.1. The van der Waals surface area contributed by atoms with Crippen LogP contribution in [0.2, 0.25) is 0 Å². The summed E-state index contributed by atoms with van der Waals surface area (Å²) in [7, 11) is -1.53. The number of aliphatic carboxylic acids is 1. The normalized spacial score (nSPS) is 14.6. The van der Waals surface area contributed by atoms with Gasteiger partial charge in [0.2, 0.25) is 16.0 Å². The molecule has 3 N–H and O–H groups in total. The summed E-state index contributed by atoms with van der Waals surface area (Å²) in [6.45, 7) is 3.68. The number of alkyl halides is 3. The summed E-state index contributed by atoms with van der Waals surface area (Å²) in [5, 5.41) is 10.2. The minimum atomic E-state index is -5.08. The van der Waals surface area contributed by atoms with E-state index in [4.69, 9.17) is 9.90 Å². The van der Waals surface area contributed by atoms with Crippen LogP contribution in [0.15, 0.2) is 72.0 Å². The summed E-state index contributed by atoms with van der Waals surface area (Å²) in [5.74, 6) is -2.71. The van der Waals surface area contributed by atoms with Crippen molar-refractivity contribution in [1.82, 2.24) is 29.1 Å². The van der Waals surface area contributed by atoms with Crippen LogP contribution in [-0.4, -0.2) is 81.0 Å². The lowest BCUT2D eigenvalue weighted by Crippen LogP contribution is -2.45. The number of aromatic nitrogens is 4. The first-order valence-corrected chi connectivity index (χ1v) is 15.1. The van der Waals surface area contributed by atoms with Gasteiger partial charge in [-0.2, -0.15) is 17.5 Å². The monoisotopic (exact) mass is 649 g/mol. The molecule has 0 radical (unpaired) electrons. The van der Waals surface area contributed by atoms with Gasteiger partial charge in [-0.25, -0.2) is 32.6 Å². The quantitative estimate of drug-likeness (QED) is 0.225. The number of aromatic amines is 1. The lowest BCUT2D eigenvalue weighted by molar-refractivity contribution is -0.192. The van der Waals surface area contributed by atoms with Crippen molar-refractivity contribution in [3.8, 4) is 11.3 Å². The standard InChI is InChI=1S/C27H30FN7O2S.C2HF3O2/c1-19-26(31-18-30-19)17-34(2)23-12-15-35(16-13-23)38(36,37)24-9-7-22(8-10-24)32-27-29-14-11-25(33-27)20-3-5-21(28)6-4-20;3-2(4,5)1(6)7/h3-11,14,18,23H,12-13,15-17H2,1-2H3,(H,30,31)(H,29,32,33);(H,6,7). The van der Waals surface area contributed by atoms with Gasteiger partial charge in [0.25, 0.3) is 0 Å². The maximum absolute atomic E-state index is 13.3. The van der Waals surface area contributed by atoms with E-state index in [9.17, 15) is 26.0 Å². The molecule has 0 spiro atoms. The van der Waals surface area contributed by atoms with Crippen LogP contribution in [0.4, 0.5) is 29.2 Å². The van der Waals surface area contributed by atoms with Gasteiger partial charge in [-0.3, -0.25) is 4.90 Å². The van der Waals surface area contributed by atoms with Crippen molar-refractivity contribution < 1.29 is 35.9 Å². The Labute approximate surface area is 257 Å². The molecule has 45 heavy (non-hydrogen) atoms. The second kappa shape index (κ2) is 14.1. The molecule has 1 fully saturated rings. The number of nitrogens with one attached hydrogen (secondary N) is 2. The predicted octanol–water partition coefficient (Wildman–Crippen LogP) is 4.98. The van der Waals surface area contributed by atoms with Crippen LogP contribution in [0.3, 0.4) is 0 Å². The molecular weight excluding hydrogens is 618 g/mol. The van der Waals surface area contributed by atoms with Crippen LogP contribution in [0.5, 0.6) is 0 Å². The largest absolute Gasteiger partial charge is 0.490 e. The van der Waals surface area contributed by atoms with Crippen molar-refractivity contribution in [2.75, 3.05) is 25.5 Å². The van der Waals surface area contributed by atoms with Gasteiger partial charge in [0, 0.05) is 48.8 Å². The highest BCUT2D eigenvalue weighted by molar-refractivity contribution is 7.89. The average Bonchev–Trinajstić information content (AvgIpc) is 3.41. The highest BCUT2D eigenvalue weighted by Gasteiger charge is 2.38. The fraction of sp³-hybridized carbons (Fsp3) is 0.310. The highest BCUT2D eigenvalue weighted by atomic mass is 32.2. The number of hydrogen-bond donors (Lipinski definition) is 3. The number of carboxylic acids is 1. The van der Waals surface area contributed by atoms with E-state index in [1.165, 1.54) is 12.1 Å². The Kier molecular flexibility index (Phi) is 10.5. The van der Waals surface area contributed by atoms with Crippen molar-refractivity contribution in [2.45, 2.75) is 43.4 Å².